The van der Waals surface area contributed by atoms with E-state index in [2.05, 4.69) is 17.3 Å². The molecule has 10 heavy (non-hydrogen) atoms. The molecular formula is C7H15N3. The van der Waals surface area contributed by atoms with Crippen LogP contribution in [0.2, 0.25) is 0 Å². The molecule has 0 fully saturated rings. The molecule has 1 aromatic heterocycles. The molecule has 0 saturated carbocycles. The van der Waals surface area contributed by atoms with Crippen LogP contribution in [-0.4, -0.2) is 16.3 Å². The summed E-state index contributed by atoms with van der Waals surface area (Å²) in [6.07, 6.45) is 1.95. The summed E-state index contributed by atoms with van der Waals surface area (Å²) in [7, 11) is 1.93. The Hall–Kier alpha value is -0.830. The minimum Gasteiger partial charge on any atom is -0.311 e. The Kier molecular flexibility index (Phi) is 2.45. The average molecular weight is 141 g/mol. The average Bonchev–Trinajstić information content (AvgIpc) is 2.31. The van der Waals surface area contributed by atoms with Crippen LogP contribution in [0.1, 0.15) is 14.0 Å². The fraction of sp³-hybridized carbons (Fsp3) is 0.571. The van der Waals surface area contributed by atoms with E-state index < -0.39 is 0 Å². The molecule has 0 atom stereocenters. The van der Waals surface area contributed by atoms with Crippen LogP contribution in [0.3, 0.4) is 0 Å². The highest BCUT2D eigenvalue weighted by molar-refractivity contribution is 4.97. The lowest BCUT2D eigenvalue weighted by Gasteiger charge is -1.94. The molecule has 0 amide bonds. The Morgan fingerprint density at radius 1 is 1.80 bits per heavy atom. The Morgan fingerprint density at radius 2 is 2.60 bits per heavy atom. The SMILES string of the molecule is CCNCc1ccn(C)n1.[HH]. The van der Waals surface area contributed by atoms with E-state index in [1.165, 1.54) is 0 Å². The standard InChI is InChI=1S/C7H13N3.H2/c1-3-8-6-7-4-5-10(2)9-7;/h4-5,8H,3,6H2,1-2H3;1H. The lowest BCUT2D eigenvalue weighted by molar-refractivity contribution is 0.677. The molecular weight excluding hydrogens is 126 g/mol. The maximum absolute atomic E-state index is 4.20. The zero-order valence-corrected chi connectivity index (χ0v) is 6.46. The van der Waals surface area contributed by atoms with Gasteiger partial charge in [0.1, 0.15) is 0 Å². The first-order valence-electron chi connectivity index (χ1n) is 3.52. The number of hydrogen-bond acceptors (Lipinski definition) is 2. The largest absolute Gasteiger partial charge is 0.311 e. The maximum Gasteiger partial charge on any atom is 0.0762 e. The summed E-state index contributed by atoms with van der Waals surface area (Å²) in [5.74, 6) is 0. The summed E-state index contributed by atoms with van der Waals surface area (Å²) in [5, 5.41) is 7.40. The minimum absolute atomic E-state index is 0. The van der Waals surface area contributed by atoms with Crippen molar-refractivity contribution in [3.63, 3.8) is 0 Å². The number of nitrogens with one attached hydrogen (secondary N) is 1. The van der Waals surface area contributed by atoms with Crippen LogP contribution in [0.25, 0.3) is 0 Å². The normalized spacial score (nSPS) is 10.2. The molecule has 1 aromatic rings. The second-order valence-electron chi connectivity index (χ2n) is 2.26. The summed E-state index contributed by atoms with van der Waals surface area (Å²) in [6.45, 7) is 3.96. The molecule has 0 aliphatic rings. The third-order valence-electron chi connectivity index (χ3n) is 1.32. The Morgan fingerprint density at radius 3 is 3.10 bits per heavy atom. The zero-order valence-electron chi connectivity index (χ0n) is 6.46. The van der Waals surface area contributed by atoms with Gasteiger partial charge in [0.15, 0.2) is 0 Å². The minimum atomic E-state index is 0. The lowest BCUT2D eigenvalue weighted by Crippen LogP contribution is -2.12. The summed E-state index contributed by atoms with van der Waals surface area (Å²) in [4.78, 5) is 0. The van der Waals surface area contributed by atoms with E-state index in [4.69, 9.17) is 0 Å². The summed E-state index contributed by atoms with van der Waals surface area (Å²) in [5.41, 5.74) is 1.10. The Balaban J connectivity index is 0.000001000. The number of aromatic nitrogens is 2. The van der Waals surface area contributed by atoms with Crippen molar-refractivity contribution in [2.75, 3.05) is 6.54 Å². The van der Waals surface area contributed by atoms with E-state index in [0.717, 1.165) is 18.8 Å². The third-order valence-corrected chi connectivity index (χ3v) is 1.32. The van der Waals surface area contributed by atoms with Gasteiger partial charge < -0.3 is 5.32 Å². The first-order valence-corrected chi connectivity index (χ1v) is 3.52. The van der Waals surface area contributed by atoms with Crippen LogP contribution >= 0.6 is 0 Å². The van der Waals surface area contributed by atoms with Crippen molar-refractivity contribution in [3.05, 3.63) is 18.0 Å². The number of aryl methyl sites for hydroxylation is 1. The summed E-state index contributed by atoms with van der Waals surface area (Å²) >= 11 is 0. The van der Waals surface area contributed by atoms with E-state index in [-0.39, 0.29) is 1.43 Å². The van der Waals surface area contributed by atoms with Crippen molar-refractivity contribution in [1.29, 1.82) is 0 Å². The second-order valence-corrected chi connectivity index (χ2v) is 2.26. The molecule has 1 rings (SSSR count). The van der Waals surface area contributed by atoms with Gasteiger partial charge in [-0.25, -0.2) is 0 Å². The van der Waals surface area contributed by atoms with Gasteiger partial charge in [0, 0.05) is 21.2 Å². The first-order chi connectivity index (χ1) is 4.83. The summed E-state index contributed by atoms with van der Waals surface area (Å²) < 4.78 is 1.81. The van der Waals surface area contributed by atoms with Crippen LogP contribution in [0, 0.1) is 0 Å². The highest BCUT2D eigenvalue weighted by Crippen LogP contribution is 1.91. The number of rotatable bonds is 3. The van der Waals surface area contributed by atoms with Crippen molar-refractivity contribution in [2.45, 2.75) is 13.5 Å². The maximum atomic E-state index is 4.20. The Labute approximate surface area is 62.5 Å². The van der Waals surface area contributed by atoms with Crippen molar-refractivity contribution >= 4 is 0 Å². The molecule has 0 aliphatic carbocycles. The van der Waals surface area contributed by atoms with Crippen LogP contribution in [0.4, 0.5) is 0 Å². The van der Waals surface area contributed by atoms with Crippen LogP contribution in [0.5, 0.6) is 0 Å². The van der Waals surface area contributed by atoms with Gasteiger partial charge in [-0.3, -0.25) is 4.68 Å². The molecule has 0 aromatic carbocycles. The quantitative estimate of drug-likeness (QED) is 0.674. The van der Waals surface area contributed by atoms with Crippen LogP contribution in [0.15, 0.2) is 12.3 Å². The molecule has 0 saturated heterocycles. The second kappa shape index (κ2) is 3.37. The molecule has 3 nitrogen and oxygen atoms in total. The van der Waals surface area contributed by atoms with Crippen molar-refractivity contribution in [2.24, 2.45) is 7.05 Å². The van der Waals surface area contributed by atoms with Gasteiger partial charge in [-0.2, -0.15) is 5.10 Å². The van der Waals surface area contributed by atoms with Gasteiger partial charge in [-0.1, -0.05) is 6.92 Å². The van der Waals surface area contributed by atoms with E-state index in [1.54, 1.807) is 0 Å². The lowest BCUT2D eigenvalue weighted by atomic mass is 10.4. The number of nitrogens with zero attached hydrogens (tertiary/aromatic N) is 2. The fourth-order valence-electron chi connectivity index (χ4n) is 0.811. The van der Waals surface area contributed by atoms with Crippen molar-refractivity contribution in [1.82, 2.24) is 15.1 Å². The molecule has 0 bridgehead atoms. The van der Waals surface area contributed by atoms with Crippen LogP contribution < -0.4 is 5.32 Å². The van der Waals surface area contributed by atoms with Gasteiger partial charge in [0.2, 0.25) is 0 Å². The molecule has 1 heterocycles. The smallest absolute Gasteiger partial charge is 0.0762 e. The molecule has 0 spiro atoms. The molecule has 0 unspecified atom stereocenters. The molecule has 58 valence electrons. The van der Waals surface area contributed by atoms with E-state index >= 15 is 0 Å². The highest BCUT2D eigenvalue weighted by Gasteiger charge is 1.92. The van der Waals surface area contributed by atoms with E-state index in [9.17, 15) is 0 Å². The van der Waals surface area contributed by atoms with Crippen molar-refractivity contribution < 1.29 is 1.43 Å². The van der Waals surface area contributed by atoms with Gasteiger partial charge in [0.25, 0.3) is 0 Å². The van der Waals surface area contributed by atoms with E-state index in [1.807, 2.05) is 24.0 Å². The molecule has 0 radical (unpaired) electrons. The Bertz CT molecular complexity index is 197. The first kappa shape index (κ1) is 7.28. The van der Waals surface area contributed by atoms with Gasteiger partial charge in [0.05, 0.1) is 5.69 Å². The molecule has 1 N–H and O–H groups in total. The monoisotopic (exact) mass is 141 g/mol. The molecule has 3 heteroatoms. The number of hydrogen-bond donors (Lipinski definition) is 1. The van der Waals surface area contributed by atoms with Gasteiger partial charge in [-0.15, -0.1) is 0 Å². The van der Waals surface area contributed by atoms with Crippen LogP contribution in [-0.2, 0) is 13.6 Å². The van der Waals surface area contributed by atoms with Gasteiger partial charge >= 0.3 is 0 Å². The van der Waals surface area contributed by atoms with E-state index in [0.29, 0.717) is 0 Å². The highest BCUT2D eigenvalue weighted by atomic mass is 15.3. The van der Waals surface area contributed by atoms with Crippen molar-refractivity contribution in [3.8, 4) is 0 Å². The third kappa shape index (κ3) is 1.84. The predicted octanol–water partition coefficient (Wildman–Crippen LogP) is 0.776. The van der Waals surface area contributed by atoms with Gasteiger partial charge in [-0.05, 0) is 12.6 Å². The fourth-order valence-corrected chi connectivity index (χ4v) is 0.811. The summed E-state index contributed by atoms with van der Waals surface area (Å²) in [6, 6.07) is 2.02. The molecule has 0 aliphatic heterocycles. The predicted molar refractivity (Wildman–Crippen MR) is 42.7 cm³/mol. The topological polar surface area (TPSA) is 29.9 Å². The zero-order chi connectivity index (χ0) is 7.40.